The van der Waals surface area contributed by atoms with Crippen LogP contribution in [0.2, 0.25) is 0 Å². The van der Waals surface area contributed by atoms with E-state index in [9.17, 15) is 0 Å². The highest BCUT2D eigenvalue weighted by atomic mass is 32.1. The summed E-state index contributed by atoms with van der Waals surface area (Å²) in [5.41, 5.74) is 1.14. The monoisotopic (exact) mass is 282 g/mol. The van der Waals surface area contributed by atoms with E-state index in [2.05, 4.69) is 53.7 Å². The van der Waals surface area contributed by atoms with Gasteiger partial charge in [0.05, 0.1) is 10.7 Å². The van der Waals surface area contributed by atoms with Crippen molar-refractivity contribution >= 4 is 17.3 Å². The highest BCUT2D eigenvalue weighted by Crippen LogP contribution is 2.08. The fraction of sp³-hybridized carbons (Fsp3) is 0.714. The molecule has 0 bridgehead atoms. The molecular weight excluding hydrogens is 256 g/mol. The average Bonchev–Trinajstić information content (AvgIpc) is 2.75. The highest BCUT2D eigenvalue weighted by molar-refractivity contribution is 7.09. The first-order valence-electron chi connectivity index (χ1n) is 6.98. The molecule has 1 aromatic heterocycles. The molecule has 0 aliphatic rings. The molecule has 19 heavy (non-hydrogen) atoms. The summed E-state index contributed by atoms with van der Waals surface area (Å²) in [6, 6.07) is 0.416. The van der Waals surface area contributed by atoms with Crippen molar-refractivity contribution in [3.8, 4) is 0 Å². The number of nitrogens with zero attached hydrogens (tertiary/aromatic N) is 2. The molecule has 1 atom stereocenters. The minimum atomic E-state index is 0.416. The minimum Gasteiger partial charge on any atom is -0.357 e. The first kappa shape index (κ1) is 16.0. The van der Waals surface area contributed by atoms with Gasteiger partial charge >= 0.3 is 0 Å². The molecular formula is C14H26N4S. The quantitative estimate of drug-likeness (QED) is 0.623. The Bertz CT molecular complexity index is 398. The fourth-order valence-corrected chi connectivity index (χ4v) is 2.15. The molecule has 0 amide bonds. The third-order valence-electron chi connectivity index (χ3n) is 3.01. The molecule has 1 rings (SSSR count). The van der Waals surface area contributed by atoms with Gasteiger partial charge in [-0.3, -0.25) is 4.99 Å². The van der Waals surface area contributed by atoms with Crippen LogP contribution in [0.5, 0.6) is 0 Å². The van der Waals surface area contributed by atoms with Crippen LogP contribution in [0.25, 0.3) is 0 Å². The number of aryl methyl sites for hydroxylation is 1. The third kappa shape index (κ3) is 6.05. The SMILES string of the molecule is CCNC(=NCCc1csc(C)n1)NC(C)C(C)C. The summed E-state index contributed by atoms with van der Waals surface area (Å²) < 4.78 is 0. The first-order valence-corrected chi connectivity index (χ1v) is 7.86. The average molecular weight is 282 g/mol. The van der Waals surface area contributed by atoms with Gasteiger partial charge in [-0.25, -0.2) is 4.98 Å². The van der Waals surface area contributed by atoms with Gasteiger partial charge in [-0.15, -0.1) is 11.3 Å². The zero-order chi connectivity index (χ0) is 14.3. The van der Waals surface area contributed by atoms with Crippen LogP contribution in [-0.2, 0) is 6.42 Å². The Balaban J connectivity index is 2.48. The van der Waals surface area contributed by atoms with E-state index in [-0.39, 0.29) is 0 Å². The highest BCUT2D eigenvalue weighted by Gasteiger charge is 2.08. The van der Waals surface area contributed by atoms with Crippen molar-refractivity contribution < 1.29 is 0 Å². The molecule has 0 aliphatic heterocycles. The lowest BCUT2D eigenvalue weighted by atomic mass is 10.1. The van der Waals surface area contributed by atoms with Crippen LogP contribution in [0.1, 0.15) is 38.4 Å². The predicted octanol–water partition coefficient (Wildman–Crippen LogP) is 2.59. The predicted molar refractivity (Wildman–Crippen MR) is 84.0 cm³/mol. The summed E-state index contributed by atoms with van der Waals surface area (Å²) in [6.07, 6.45) is 0.900. The van der Waals surface area contributed by atoms with Crippen molar-refractivity contribution in [3.05, 3.63) is 16.1 Å². The molecule has 108 valence electrons. The zero-order valence-corrected chi connectivity index (χ0v) is 13.5. The Hall–Kier alpha value is -1.10. The van der Waals surface area contributed by atoms with Crippen molar-refractivity contribution in [1.29, 1.82) is 0 Å². The minimum absolute atomic E-state index is 0.416. The number of thiazole rings is 1. The van der Waals surface area contributed by atoms with Crippen LogP contribution >= 0.6 is 11.3 Å². The van der Waals surface area contributed by atoms with Gasteiger partial charge in [0.25, 0.3) is 0 Å². The van der Waals surface area contributed by atoms with Crippen molar-refractivity contribution in [2.45, 2.75) is 47.1 Å². The second kappa shape index (κ2) is 8.15. The molecule has 0 radical (unpaired) electrons. The molecule has 4 nitrogen and oxygen atoms in total. The summed E-state index contributed by atoms with van der Waals surface area (Å²) in [4.78, 5) is 9.05. The summed E-state index contributed by atoms with van der Waals surface area (Å²) >= 11 is 1.70. The second-order valence-electron chi connectivity index (χ2n) is 5.05. The molecule has 5 heteroatoms. The Morgan fingerprint density at radius 1 is 1.42 bits per heavy atom. The second-order valence-corrected chi connectivity index (χ2v) is 6.11. The van der Waals surface area contributed by atoms with E-state index >= 15 is 0 Å². The number of aliphatic imine (C=N–C) groups is 1. The maximum atomic E-state index is 4.60. The zero-order valence-electron chi connectivity index (χ0n) is 12.7. The van der Waals surface area contributed by atoms with E-state index in [4.69, 9.17) is 0 Å². The summed E-state index contributed by atoms with van der Waals surface area (Å²) in [6.45, 7) is 12.4. The van der Waals surface area contributed by atoms with Crippen LogP contribution in [0.3, 0.4) is 0 Å². The van der Waals surface area contributed by atoms with Crippen LogP contribution in [0.15, 0.2) is 10.4 Å². The molecule has 1 aromatic rings. The lowest BCUT2D eigenvalue weighted by molar-refractivity contribution is 0.481. The molecule has 1 unspecified atom stereocenters. The third-order valence-corrected chi connectivity index (χ3v) is 3.84. The molecule has 0 spiro atoms. The number of rotatable bonds is 6. The van der Waals surface area contributed by atoms with Crippen LogP contribution in [-0.4, -0.2) is 30.1 Å². The topological polar surface area (TPSA) is 49.3 Å². The molecule has 0 saturated carbocycles. The van der Waals surface area contributed by atoms with Crippen molar-refractivity contribution in [3.63, 3.8) is 0 Å². The van der Waals surface area contributed by atoms with E-state index in [0.717, 1.165) is 36.2 Å². The Morgan fingerprint density at radius 2 is 2.16 bits per heavy atom. The van der Waals surface area contributed by atoms with Gasteiger partial charge in [0.1, 0.15) is 0 Å². The number of aromatic nitrogens is 1. The lowest BCUT2D eigenvalue weighted by Gasteiger charge is -2.20. The molecule has 0 aliphatic carbocycles. The Labute approximate surface area is 120 Å². The van der Waals surface area contributed by atoms with Gasteiger partial charge in [-0.05, 0) is 26.7 Å². The van der Waals surface area contributed by atoms with Gasteiger partial charge in [0.15, 0.2) is 5.96 Å². The number of hydrogen-bond acceptors (Lipinski definition) is 3. The van der Waals surface area contributed by atoms with E-state index in [1.54, 1.807) is 11.3 Å². The van der Waals surface area contributed by atoms with E-state index in [1.807, 2.05) is 6.92 Å². The van der Waals surface area contributed by atoms with Gasteiger partial charge in [0.2, 0.25) is 0 Å². The van der Waals surface area contributed by atoms with Crippen molar-refractivity contribution in [1.82, 2.24) is 15.6 Å². The molecule has 0 fully saturated rings. The van der Waals surface area contributed by atoms with E-state index < -0.39 is 0 Å². The van der Waals surface area contributed by atoms with Crippen molar-refractivity contribution in [2.24, 2.45) is 10.9 Å². The van der Waals surface area contributed by atoms with Gasteiger partial charge in [-0.1, -0.05) is 13.8 Å². The maximum Gasteiger partial charge on any atom is 0.191 e. The normalized spacial score (nSPS) is 13.7. The molecule has 1 heterocycles. The van der Waals surface area contributed by atoms with Crippen LogP contribution in [0, 0.1) is 12.8 Å². The number of hydrogen-bond donors (Lipinski definition) is 2. The maximum absolute atomic E-state index is 4.60. The molecule has 0 saturated heterocycles. The smallest absolute Gasteiger partial charge is 0.191 e. The number of nitrogens with one attached hydrogen (secondary N) is 2. The summed E-state index contributed by atoms with van der Waals surface area (Å²) in [5, 5.41) is 9.95. The molecule has 0 aromatic carbocycles. The Kier molecular flexibility index (Phi) is 6.84. The van der Waals surface area contributed by atoms with Crippen LogP contribution in [0.4, 0.5) is 0 Å². The Morgan fingerprint density at radius 3 is 2.68 bits per heavy atom. The van der Waals surface area contributed by atoms with Crippen LogP contribution < -0.4 is 10.6 Å². The fourth-order valence-electron chi connectivity index (χ4n) is 1.51. The van der Waals surface area contributed by atoms with E-state index in [0.29, 0.717) is 12.0 Å². The first-order chi connectivity index (χ1) is 9.02. The van der Waals surface area contributed by atoms with Gasteiger partial charge in [0, 0.05) is 30.9 Å². The summed E-state index contributed by atoms with van der Waals surface area (Å²) in [5.74, 6) is 1.49. The van der Waals surface area contributed by atoms with Crippen molar-refractivity contribution in [2.75, 3.05) is 13.1 Å². The standard InChI is InChI=1S/C14H26N4S/c1-6-15-14(17-11(4)10(2)3)16-8-7-13-9-19-12(5)18-13/h9-11H,6-8H2,1-5H3,(H2,15,16,17). The lowest BCUT2D eigenvalue weighted by Crippen LogP contribution is -2.44. The molecule has 2 N–H and O–H groups in total. The van der Waals surface area contributed by atoms with E-state index in [1.165, 1.54) is 0 Å². The summed E-state index contributed by atoms with van der Waals surface area (Å²) in [7, 11) is 0. The van der Waals surface area contributed by atoms with Gasteiger partial charge < -0.3 is 10.6 Å². The van der Waals surface area contributed by atoms with Gasteiger partial charge in [-0.2, -0.15) is 0 Å². The number of guanidine groups is 1. The largest absolute Gasteiger partial charge is 0.357 e.